The first kappa shape index (κ1) is 16.6. The first-order valence-electron chi connectivity index (χ1n) is 5.92. The summed E-state index contributed by atoms with van der Waals surface area (Å²) in [6.45, 7) is 0.441. The third-order valence-corrected chi connectivity index (χ3v) is 3.20. The van der Waals surface area contributed by atoms with Crippen molar-refractivity contribution < 1.29 is 19.1 Å². The average molecular weight is 347 g/mol. The van der Waals surface area contributed by atoms with E-state index in [4.69, 9.17) is 5.11 Å². The molecule has 0 unspecified atom stereocenters. The summed E-state index contributed by atoms with van der Waals surface area (Å²) < 4.78 is 13.3. The Morgan fingerprint density at radius 2 is 1.95 bits per heavy atom. The molecule has 1 aromatic rings. The van der Waals surface area contributed by atoms with E-state index >= 15 is 0 Å². The number of aliphatic carboxylic acids is 1. The molecule has 0 heterocycles. The molecule has 0 aliphatic rings. The van der Waals surface area contributed by atoms with Gasteiger partial charge in [-0.1, -0.05) is 0 Å². The van der Waals surface area contributed by atoms with Crippen LogP contribution in [0.5, 0.6) is 0 Å². The standard InChI is InChI=1S/C13H16BrFN2O3/c1-16(2)5-6-17(8-12(18)19)13(20)9-3-4-11(15)10(14)7-9/h3-4,7H,5-6,8H2,1-2H3,(H,18,19). The van der Waals surface area contributed by atoms with E-state index in [1.807, 2.05) is 19.0 Å². The molecule has 0 spiro atoms. The van der Waals surface area contributed by atoms with E-state index in [9.17, 15) is 14.0 Å². The number of carboxylic acid groups (broad SMARTS) is 1. The molecule has 1 amide bonds. The number of carboxylic acids is 1. The maximum absolute atomic E-state index is 13.2. The highest BCUT2D eigenvalue weighted by Crippen LogP contribution is 2.18. The van der Waals surface area contributed by atoms with Gasteiger partial charge < -0.3 is 14.9 Å². The molecular formula is C13H16BrFN2O3. The van der Waals surface area contributed by atoms with Crippen LogP contribution in [0.15, 0.2) is 22.7 Å². The zero-order valence-electron chi connectivity index (χ0n) is 11.3. The van der Waals surface area contributed by atoms with Gasteiger partial charge >= 0.3 is 5.97 Å². The van der Waals surface area contributed by atoms with E-state index < -0.39 is 17.7 Å². The number of likely N-dealkylation sites (N-methyl/N-ethyl adjacent to an activating group) is 1. The molecule has 0 aliphatic heterocycles. The van der Waals surface area contributed by atoms with Crippen LogP contribution in [0.3, 0.4) is 0 Å². The van der Waals surface area contributed by atoms with Gasteiger partial charge in [0.15, 0.2) is 0 Å². The summed E-state index contributed by atoms with van der Waals surface area (Å²) in [6, 6.07) is 3.86. The van der Waals surface area contributed by atoms with Crippen molar-refractivity contribution in [2.24, 2.45) is 0 Å². The number of nitrogens with zero attached hydrogens (tertiary/aromatic N) is 2. The third kappa shape index (κ3) is 4.90. The van der Waals surface area contributed by atoms with Crippen LogP contribution in [0.25, 0.3) is 0 Å². The summed E-state index contributed by atoms with van der Waals surface area (Å²) in [5.41, 5.74) is 0.248. The van der Waals surface area contributed by atoms with Crippen molar-refractivity contribution in [3.05, 3.63) is 34.1 Å². The smallest absolute Gasteiger partial charge is 0.323 e. The lowest BCUT2D eigenvalue weighted by molar-refractivity contribution is -0.137. The number of benzene rings is 1. The van der Waals surface area contributed by atoms with Crippen LogP contribution in [0, 0.1) is 5.82 Å². The highest BCUT2D eigenvalue weighted by atomic mass is 79.9. The Bertz CT molecular complexity index is 508. The van der Waals surface area contributed by atoms with Crippen molar-refractivity contribution in [3.63, 3.8) is 0 Å². The van der Waals surface area contributed by atoms with E-state index in [1.54, 1.807) is 0 Å². The number of rotatable bonds is 6. The molecule has 0 saturated carbocycles. The van der Waals surface area contributed by atoms with E-state index in [1.165, 1.54) is 23.1 Å². The minimum absolute atomic E-state index is 0.172. The quantitative estimate of drug-likeness (QED) is 0.851. The van der Waals surface area contributed by atoms with Gasteiger partial charge in [-0.15, -0.1) is 0 Å². The van der Waals surface area contributed by atoms with Gasteiger partial charge in [0.2, 0.25) is 0 Å². The monoisotopic (exact) mass is 346 g/mol. The van der Waals surface area contributed by atoms with Gasteiger partial charge in [-0.3, -0.25) is 9.59 Å². The summed E-state index contributed by atoms with van der Waals surface area (Å²) in [5.74, 6) is -1.99. The molecule has 0 atom stereocenters. The Morgan fingerprint density at radius 3 is 2.45 bits per heavy atom. The predicted molar refractivity (Wildman–Crippen MR) is 76.2 cm³/mol. The number of hydrogen-bond donors (Lipinski definition) is 1. The van der Waals surface area contributed by atoms with Crippen LogP contribution in [-0.4, -0.2) is 60.5 Å². The second kappa shape index (κ2) is 7.35. The highest BCUT2D eigenvalue weighted by molar-refractivity contribution is 9.10. The van der Waals surface area contributed by atoms with Gasteiger partial charge in [0.1, 0.15) is 12.4 Å². The summed E-state index contributed by atoms with van der Waals surface area (Å²) >= 11 is 3.01. The second-order valence-electron chi connectivity index (χ2n) is 4.55. The van der Waals surface area contributed by atoms with Crippen molar-refractivity contribution in [1.29, 1.82) is 0 Å². The Kier molecular flexibility index (Phi) is 6.09. The lowest BCUT2D eigenvalue weighted by Gasteiger charge is -2.22. The average Bonchev–Trinajstić information content (AvgIpc) is 2.36. The molecule has 0 fully saturated rings. The lowest BCUT2D eigenvalue weighted by Crippen LogP contribution is -2.40. The number of amides is 1. The zero-order valence-corrected chi connectivity index (χ0v) is 12.9. The largest absolute Gasteiger partial charge is 0.480 e. The minimum Gasteiger partial charge on any atom is -0.480 e. The van der Waals surface area contributed by atoms with Crippen molar-refractivity contribution in [1.82, 2.24) is 9.80 Å². The maximum atomic E-state index is 13.2. The van der Waals surface area contributed by atoms with Crippen LogP contribution >= 0.6 is 15.9 Å². The van der Waals surface area contributed by atoms with Gasteiger partial charge in [0.05, 0.1) is 4.47 Å². The fourth-order valence-electron chi connectivity index (χ4n) is 1.55. The molecule has 1 rings (SSSR count). The number of halogens is 2. The fraction of sp³-hybridized carbons (Fsp3) is 0.385. The van der Waals surface area contributed by atoms with Crippen LogP contribution in [-0.2, 0) is 4.79 Å². The molecule has 20 heavy (non-hydrogen) atoms. The number of carbonyl (C=O) groups excluding carboxylic acids is 1. The van der Waals surface area contributed by atoms with Crippen molar-refractivity contribution in [2.75, 3.05) is 33.7 Å². The molecule has 110 valence electrons. The van der Waals surface area contributed by atoms with Crippen molar-refractivity contribution in [2.45, 2.75) is 0 Å². The molecule has 0 aromatic heterocycles. The molecule has 1 N–H and O–H groups in total. The third-order valence-electron chi connectivity index (χ3n) is 2.60. The van der Waals surface area contributed by atoms with E-state index in [2.05, 4.69) is 15.9 Å². The first-order chi connectivity index (χ1) is 9.31. The minimum atomic E-state index is -1.08. The molecule has 5 nitrogen and oxygen atoms in total. The first-order valence-corrected chi connectivity index (χ1v) is 6.71. The molecule has 0 saturated heterocycles. The van der Waals surface area contributed by atoms with Crippen LogP contribution < -0.4 is 0 Å². The Labute approximate surface area is 125 Å². The summed E-state index contributed by atoms with van der Waals surface area (Å²) in [5, 5.41) is 8.87. The van der Waals surface area contributed by atoms with Gasteiger partial charge in [-0.25, -0.2) is 4.39 Å². The molecule has 0 aliphatic carbocycles. The zero-order chi connectivity index (χ0) is 15.3. The van der Waals surface area contributed by atoms with Crippen molar-refractivity contribution >= 4 is 27.8 Å². The van der Waals surface area contributed by atoms with Gasteiger partial charge in [-0.2, -0.15) is 0 Å². The lowest BCUT2D eigenvalue weighted by atomic mass is 10.2. The Hall–Kier alpha value is -1.47. The summed E-state index contributed by atoms with van der Waals surface area (Å²) in [6.07, 6.45) is 0. The fourth-order valence-corrected chi connectivity index (χ4v) is 1.93. The van der Waals surface area contributed by atoms with E-state index in [-0.39, 0.29) is 23.1 Å². The van der Waals surface area contributed by atoms with Crippen LogP contribution in [0.1, 0.15) is 10.4 Å². The molecular weight excluding hydrogens is 331 g/mol. The number of hydrogen-bond acceptors (Lipinski definition) is 3. The van der Waals surface area contributed by atoms with Crippen LogP contribution in [0.2, 0.25) is 0 Å². The van der Waals surface area contributed by atoms with Crippen LogP contribution in [0.4, 0.5) is 4.39 Å². The molecule has 7 heteroatoms. The SMILES string of the molecule is CN(C)CCN(CC(=O)O)C(=O)c1ccc(F)c(Br)c1. The van der Waals surface area contributed by atoms with Gasteiger partial charge in [0, 0.05) is 18.7 Å². The van der Waals surface area contributed by atoms with Gasteiger partial charge in [0.25, 0.3) is 5.91 Å². The number of carbonyl (C=O) groups is 2. The topological polar surface area (TPSA) is 60.9 Å². The normalized spacial score (nSPS) is 10.7. The van der Waals surface area contributed by atoms with E-state index in [0.717, 1.165) is 0 Å². The summed E-state index contributed by atoms with van der Waals surface area (Å²) in [7, 11) is 3.66. The molecule has 0 bridgehead atoms. The second-order valence-corrected chi connectivity index (χ2v) is 5.41. The Morgan fingerprint density at radius 1 is 1.30 bits per heavy atom. The Balaban J connectivity index is 2.90. The maximum Gasteiger partial charge on any atom is 0.323 e. The predicted octanol–water partition coefficient (Wildman–Crippen LogP) is 1.68. The van der Waals surface area contributed by atoms with Crippen molar-refractivity contribution in [3.8, 4) is 0 Å². The molecule has 0 radical (unpaired) electrons. The van der Waals surface area contributed by atoms with Gasteiger partial charge in [-0.05, 0) is 48.2 Å². The van der Waals surface area contributed by atoms with E-state index in [0.29, 0.717) is 6.54 Å². The molecule has 1 aromatic carbocycles. The highest BCUT2D eigenvalue weighted by Gasteiger charge is 2.19. The summed E-state index contributed by atoms with van der Waals surface area (Å²) in [4.78, 5) is 26.2.